The van der Waals surface area contributed by atoms with E-state index in [0.717, 1.165) is 44.0 Å². The maximum absolute atomic E-state index is 13.2. The third-order valence-corrected chi connectivity index (χ3v) is 6.42. The van der Waals surface area contributed by atoms with Gasteiger partial charge in [-0.05, 0) is 29.8 Å². The highest BCUT2D eigenvalue weighted by molar-refractivity contribution is 5.82. The molecule has 33 heavy (non-hydrogen) atoms. The maximum atomic E-state index is 13.2. The standard InChI is InChI=1S/C25H29N3O5/c1-18(29)27-10-8-26(9-11-27)15-19-6-7-21-20(14-19)16-28(12-13-31-21)25(30)24-17-32-22-4-2-3-5-23(22)33-24/h2-7,14,24H,8-13,15-17H2,1H3/t24-/m1/s1. The summed E-state index contributed by atoms with van der Waals surface area (Å²) in [5.41, 5.74) is 2.17. The Morgan fingerprint density at radius 1 is 0.909 bits per heavy atom. The molecule has 2 amide bonds. The Morgan fingerprint density at radius 3 is 2.48 bits per heavy atom. The van der Waals surface area contributed by atoms with Crippen LogP contribution in [0.15, 0.2) is 42.5 Å². The Balaban J connectivity index is 1.25. The van der Waals surface area contributed by atoms with Crippen LogP contribution in [-0.4, -0.2) is 78.6 Å². The van der Waals surface area contributed by atoms with E-state index in [2.05, 4.69) is 17.0 Å². The van der Waals surface area contributed by atoms with Gasteiger partial charge in [0.2, 0.25) is 12.0 Å². The number of amides is 2. The van der Waals surface area contributed by atoms with Gasteiger partial charge in [0.15, 0.2) is 11.5 Å². The van der Waals surface area contributed by atoms with E-state index in [1.54, 1.807) is 11.8 Å². The molecular weight excluding hydrogens is 422 g/mol. The van der Waals surface area contributed by atoms with Crippen molar-refractivity contribution in [2.45, 2.75) is 26.1 Å². The highest BCUT2D eigenvalue weighted by Crippen LogP contribution is 2.32. The summed E-state index contributed by atoms with van der Waals surface area (Å²) in [5, 5.41) is 0. The lowest BCUT2D eigenvalue weighted by molar-refractivity contribution is -0.142. The molecule has 1 fully saturated rings. The highest BCUT2D eigenvalue weighted by Gasteiger charge is 2.32. The third-order valence-electron chi connectivity index (χ3n) is 6.42. The largest absolute Gasteiger partial charge is 0.491 e. The average molecular weight is 452 g/mol. The second kappa shape index (κ2) is 9.31. The number of carbonyl (C=O) groups excluding carboxylic acids is 2. The van der Waals surface area contributed by atoms with Crippen molar-refractivity contribution in [3.8, 4) is 17.2 Å². The van der Waals surface area contributed by atoms with E-state index < -0.39 is 6.10 Å². The summed E-state index contributed by atoms with van der Waals surface area (Å²) in [7, 11) is 0. The molecule has 0 unspecified atom stereocenters. The van der Waals surface area contributed by atoms with E-state index in [9.17, 15) is 9.59 Å². The molecule has 0 N–H and O–H groups in total. The summed E-state index contributed by atoms with van der Waals surface area (Å²) in [6, 6.07) is 13.6. The molecular formula is C25H29N3O5. The summed E-state index contributed by atoms with van der Waals surface area (Å²) in [5.74, 6) is 2.13. The Bertz CT molecular complexity index is 1030. The van der Waals surface area contributed by atoms with Gasteiger partial charge in [0, 0.05) is 51.8 Å². The Labute approximate surface area is 193 Å². The number of rotatable bonds is 3. The molecule has 3 heterocycles. The van der Waals surface area contributed by atoms with Gasteiger partial charge < -0.3 is 24.0 Å². The molecule has 1 atom stereocenters. The first-order valence-corrected chi connectivity index (χ1v) is 11.5. The first kappa shape index (κ1) is 21.6. The highest BCUT2D eigenvalue weighted by atomic mass is 16.6. The van der Waals surface area contributed by atoms with Crippen LogP contribution >= 0.6 is 0 Å². The van der Waals surface area contributed by atoms with Crippen LogP contribution in [0.25, 0.3) is 0 Å². The summed E-state index contributed by atoms with van der Waals surface area (Å²) >= 11 is 0. The number of nitrogens with zero attached hydrogens (tertiary/aromatic N) is 3. The van der Waals surface area contributed by atoms with Crippen molar-refractivity contribution in [1.82, 2.24) is 14.7 Å². The molecule has 2 aromatic rings. The molecule has 0 saturated carbocycles. The van der Waals surface area contributed by atoms with E-state index >= 15 is 0 Å². The molecule has 5 rings (SSSR count). The van der Waals surface area contributed by atoms with E-state index in [4.69, 9.17) is 14.2 Å². The van der Waals surface area contributed by atoms with Crippen molar-refractivity contribution in [3.05, 3.63) is 53.6 Å². The van der Waals surface area contributed by atoms with Crippen molar-refractivity contribution in [1.29, 1.82) is 0 Å². The van der Waals surface area contributed by atoms with Gasteiger partial charge in [-0.2, -0.15) is 0 Å². The second-order valence-electron chi connectivity index (χ2n) is 8.70. The minimum absolute atomic E-state index is 0.0910. The van der Waals surface area contributed by atoms with Gasteiger partial charge in [-0.15, -0.1) is 0 Å². The average Bonchev–Trinajstić information content (AvgIpc) is 3.06. The van der Waals surface area contributed by atoms with Crippen LogP contribution in [0.4, 0.5) is 0 Å². The van der Waals surface area contributed by atoms with Crippen LogP contribution in [0.2, 0.25) is 0 Å². The maximum Gasteiger partial charge on any atom is 0.267 e. The number of piperazine rings is 1. The van der Waals surface area contributed by atoms with E-state index in [1.807, 2.05) is 35.2 Å². The molecule has 174 valence electrons. The van der Waals surface area contributed by atoms with Gasteiger partial charge in [0.05, 0.1) is 6.54 Å². The molecule has 0 aromatic heterocycles. The molecule has 3 aliphatic heterocycles. The zero-order valence-corrected chi connectivity index (χ0v) is 18.9. The van der Waals surface area contributed by atoms with Gasteiger partial charge in [-0.3, -0.25) is 14.5 Å². The predicted octanol–water partition coefficient (Wildman–Crippen LogP) is 1.91. The fourth-order valence-electron chi connectivity index (χ4n) is 4.56. The molecule has 0 bridgehead atoms. The van der Waals surface area contributed by atoms with E-state index in [1.165, 1.54) is 5.56 Å². The van der Waals surface area contributed by atoms with Crippen LogP contribution < -0.4 is 14.2 Å². The van der Waals surface area contributed by atoms with Gasteiger partial charge in [-0.1, -0.05) is 18.2 Å². The van der Waals surface area contributed by atoms with E-state index in [0.29, 0.717) is 31.2 Å². The van der Waals surface area contributed by atoms with Crippen LogP contribution in [0.3, 0.4) is 0 Å². The monoisotopic (exact) mass is 451 g/mol. The summed E-state index contributed by atoms with van der Waals surface area (Å²) < 4.78 is 17.6. The van der Waals surface area contributed by atoms with Gasteiger partial charge in [0.1, 0.15) is 19.0 Å². The first-order valence-electron chi connectivity index (χ1n) is 11.5. The number of hydrogen-bond donors (Lipinski definition) is 0. The Morgan fingerprint density at radius 2 is 1.70 bits per heavy atom. The topological polar surface area (TPSA) is 71.6 Å². The zero-order valence-electron chi connectivity index (χ0n) is 18.9. The van der Waals surface area contributed by atoms with Crippen molar-refractivity contribution >= 4 is 11.8 Å². The van der Waals surface area contributed by atoms with Crippen LogP contribution in [0.5, 0.6) is 17.2 Å². The van der Waals surface area contributed by atoms with Crippen LogP contribution in [-0.2, 0) is 22.7 Å². The number of carbonyl (C=O) groups is 2. The Hall–Kier alpha value is -3.26. The smallest absolute Gasteiger partial charge is 0.267 e. The van der Waals surface area contributed by atoms with Crippen molar-refractivity contribution in [2.75, 3.05) is 45.9 Å². The number of hydrogen-bond acceptors (Lipinski definition) is 6. The number of benzene rings is 2. The van der Waals surface area contributed by atoms with Crippen molar-refractivity contribution in [2.24, 2.45) is 0 Å². The molecule has 0 radical (unpaired) electrons. The molecule has 8 nitrogen and oxygen atoms in total. The molecule has 2 aromatic carbocycles. The number of para-hydroxylation sites is 2. The minimum Gasteiger partial charge on any atom is -0.491 e. The molecule has 3 aliphatic rings. The third kappa shape index (κ3) is 4.75. The van der Waals surface area contributed by atoms with Gasteiger partial charge in [0.25, 0.3) is 5.91 Å². The number of fused-ring (bicyclic) bond motifs is 2. The first-order chi connectivity index (χ1) is 16.1. The fourth-order valence-corrected chi connectivity index (χ4v) is 4.56. The number of ether oxygens (including phenoxy) is 3. The molecule has 1 saturated heterocycles. The summed E-state index contributed by atoms with van der Waals surface area (Å²) in [6.07, 6.45) is -0.665. The van der Waals surface area contributed by atoms with Crippen LogP contribution in [0.1, 0.15) is 18.1 Å². The van der Waals surface area contributed by atoms with Gasteiger partial charge >= 0.3 is 0 Å². The van der Waals surface area contributed by atoms with Crippen molar-refractivity contribution in [3.63, 3.8) is 0 Å². The molecule has 0 spiro atoms. The lowest BCUT2D eigenvalue weighted by atomic mass is 10.1. The normalized spacial score (nSPS) is 20.5. The van der Waals surface area contributed by atoms with Crippen molar-refractivity contribution < 1.29 is 23.8 Å². The lowest BCUT2D eigenvalue weighted by Gasteiger charge is -2.34. The summed E-state index contributed by atoms with van der Waals surface area (Å²) in [4.78, 5) is 30.8. The predicted molar refractivity (Wildman–Crippen MR) is 121 cm³/mol. The molecule has 8 heteroatoms. The Kier molecular flexibility index (Phi) is 6.09. The van der Waals surface area contributed by atoms with E-state index in [-0.39, 0.29) is 18.4 Å². The fraction of sp³-hybridized carbons (Fsp3) is 0.440. The quantitative estimate of drug-likeness (QED) is 0.710. The van der Waals surface area contributed by atoms with Crippen LogP contribution in [0, 0.1) is 0 Å². The second-order valence-corrected chi connectivity index (χ2v) is 8.70. The minimum atomic E-state index is -0.665. The summed E-state index contributed by atoms with van der Waals surface area (Å²) in [6.45, 7) is 7.29. The zero-order chi connectivity index (χ0) is 22.8. The van der Waals surface area contributed by atoms with Gasteiger partial charge in [-0.25, -0.2) is 0 Å². The SMILES string of the molecule is CC(=O)N1CCN(Cc2ccc3c(c2)CN(C(=O)[C@H]2COc4ccccc4O2)CCO3)CC1. The molecule has 0 aliphatic carbocycles. The lowest BCUT2D eigenvalue weighted by Crippen LogP contribution is -2.47.